The lowest BCUT2D eigenvalue weighted by molar-refractivity contribution is -0.128. The van der Waals surface area contributed by atoms with Crippen molar-refractivity contribution in [2.75, 3.05) is 55.6 Å². The van der Waals surface area contributed by atoms with Crippen molar-refractivity contribution in [3.63, 3.8) is 0 Å². The van der Waals surface area contributed by atoms with Crippen LogP contribution in [0.1, 0.15) is 25.3 Å². The van der Waals surface area contributed by atoms with Crippen LogP contribution in [0.2, 0.25) is 0 Å². The highest BCUT2D eigenvalue weighted by Crippen LogP contribution is 2.33. The van der Waals surface area contributed by atoms with E-state index in [4.69, 9.17) is 4.74 Å². The molecule has 7 heteroatoms. The topological polar surface area (TPSA) is 65.1 Å². The molecule has 1 N–H and O–H groups in total. The van der Waals surface area contributed by atoms with E-state index in [0.717, 1.165) is 45.6 Å². The zero-order valence-corrected chi connectivity index (χ0v) is 19.6. The minimum atomic E-state index is -0.584. The van der Waals surface area contributed by atoms with Crippen LogP contribution >= 0.6 is 0 Å². The summed E-state index contributed by atoms with van der Waals surface area (Å²) in [6, 6.07) is 16.0. The molecule has 0 bridgehead atoms. The second-order valence-electron chi connectivity index (χ2n) is 8.88. The van der Waals surface area contributed by atoms with Crippen molar-refractivity contribution in [1.29, 1.82) is 0 Å². The predicted octanol–water partition coefficient (Wildman–Crippen LogP) is 2.83. The molecular formula is C26H34N4O3. The Bertz CT molecular complexity index is 972. The largest absolute Gasteiger partial charge is 0.479 e. The summed E-state index contributed by atoms with van der Waals surface area (Å²) in [5.41, 5.74) is 3.27. The van der Waals surface area contributed by atoms with Crippen LogP contribution in [0.4, 0.5) is 11.4 Å². The van der Waals surface area contributed by atoms with Crippen LogP contribution in [0.25, 0.3) is 0 Å². The fourth-order valence-corrected chi connectivity index (χ4v) is 4.46. The van der Waals surface area contributed by atoms with Gasteiger partial charge in [0.15, 0.2) is 6.10 Å². The Kier molecular flexibility index (Phi) is 7.50. The van der Waals surface area contributed by atoms with Gasteiger partial charge in [-0.1, -0.05) is 24.3 Å². The molecule has 176 valence electrons. The third kappa shape index (κ3) is 5.85. The zero-order valence-electron chi connectivity index (χ0n) is 19.6. The Morgan fingerprint density at radius 2 is 1.85 bits per heavy atom. The lowest BCUT2D eigenvalue weighted by Crippen LogP contribution is -2.49. The first-order valence-corrected chi connectivity index (χ1v) is 11.9. The van der Waals surface area contributed by atoms with Gasteiger partial charge in [0.2, 0.25) is 5.91 Å². The van der Waals surface area contributed by atoms with Gasteiger partial charge in [-0.05, 0) is 63.1 Å². The fraction of sp³-hybridized carbons (Fsp3) is 0.462. The SMILES string of the molecule is Cc1cccc(N2CCN(CCCCNC(=O)CN3C(=O)C(C)Oc4ccccc43)CC2)c1. The standard InChI is InChI=1S/C26H34N4O3/c1-20-8-7-9-22(18-20)29-16-14-28(15-17-29)13-6-5-12-27-25(31)19-30-23-10-3-4-11-24(23)33-21(2)26(30)32/h3-4,7-11,18,21H,5-6,12-17,19H2,1-2H3,(H,27,31). The molecule has 1 saturated heterocycles. The molecule has 1 atom stereocenters. The molecule has 4 rings (SSSR count). The lowest BCUT2D eigenvalue weighted by atomic mass is 10.2. The summed E-state index contributed by atoms with van der Waals surface area (Å²) in [4.78, 5) is 31.5. The number of carbonyl (C=O) groups excluding carboxylic acids is 2. The number of nitrogens with zero attached hydrogens (tertiary/aromatic N) is 3. The molecule has 0 saturated carbocycles. The number of rotatable bonds is 8. The maximum absolute atomic E-state index is 12.5. The molecule has 2 aliphatic heterocycles. The first-order valence-electron chi connectivity index (χ1n) is 11.9. The average Bonchev–Trinajstić information content (AvgIpc) is 2.82. The van der Waals surface area contributed by atoms with Crippen molar-refractivity contribution in [2.45, 2.75) is 32.8 Å². The highest BCUT2D eigenvalue weighted by molar-refractivity contribution is 6.03. The van der Waals surface area contributed by atoms with E-state index in [1.54, 1.807) is 6.92 Å². The molecule has 0 aromatic heterocycles. The van der Waals surface area contributed by atoms with Crippen LogP contribution in [0.5, 0.6) is 5.75 Å². The van der Waals surface area contributed by atoms with Crippen molar-refractivity contribution < 1.29 is 14.3 Å². The minimum absolute atomic E-state index is 0.0183. The van der Waals surface area contributed by atoms with Gasteiger partial charge >= 0.3 is 0 Å². The third-order valence-electron chi connectivity index (χ3n) is 6.34. The first kappa shape index (κ1) is 23.1. The van der Waals surface area contributed by atoms with Crippen LogP contribution in [-0.2, 0) is 9.59 Å². The van der Waals surface area contributed by atoms with Gasteiger partial charge < -0.3 is 15.0 Å². The summed E-state index contributed by atoms with van der Waals surface area (Å²) in [7, 11) is 0. The van der Waals surface area contributed by atoms with E-state index in [9.17, 15) is 9.59 Å². The van der Waals surface area contributed by atoms with Gasteiger partial charge in [-0.25, -0.2) is 0 Å². The van der Waals surface area contributed by atoms with Gasteiger partial charge in [0.05, 0.1) is 5.69 Å². The Morgan fingerprint density at radius 3 is 2.64 bits per heavy atom. The number of fused-ring (bicyclic) bond motifs is 1. The minimum Gasteiger partial charge on any atom is -0.479 e. The Labute approximate surface area is 196 Å². The first-order chi connectivity index (χ1) is 16.0. The van der Waals surface area contributed by atoms with Crippen molar-refractivity contribution in [3.8, 4) is 5.75 Å². The fourth-order valence-electron chi connectivity index (χ4n) is 4.46. The summed E-state index contributed by atoms with van der Waals surface area (Å²) in [5, 5.41) is 2.97. The number of anilines is 2. The summed E-state index contributed by atoms with van der Waals surface area (Å²) >= 11 is 0. The van der Waals surface area contributed by atoms with Crippen LogP contribution in [-0.4, -0.2) is 68.6 Å². The van der Waals surface area contributed by atoms with Gasteiger partial charge in [-0.2, -0.15) is 0 Å². The number of aryl methyl sites for hydroxylation is 1. The molecule has 1 unspecified atom stereocenters. The van der Waals surface area contributed by atoms with Gasteiger partial charge in [0.1, 0.15) is 12.3 Å². The highest BCUT2D eigenvalue weighted by atomic mass is 16.5. The van der Waals surface area contributed by atoms with Crippen LogP contribution in [0.15, 0.2) is 48.5 Å². The van der Waals surface area contributed by atoms with Crippen molar-refractivity contribution in [3.05, 3.63) is 54.1 Å². The number of piperazine rings is 1. The molecule has 2 aromatic carbocycles. The number of amides is 2. The van der Waals surface area contributed by atoms with E-state index in [-0.39, 0.29) is 18.4 Å². The van der Waals surface area contributed by atoms with Gasteiger partial charge in [-0.3, -0.25) is 19.4 Å². The number of para-hydroxylation sites is 2. The molecule has 2 aromatic rings. The highest BCUT2D eigenvalue weighted by Gasteiger charge is 2.32. The smallest absolute Gasteiger partial charge is 0.268 e. The molecule has 0 spiro atoms. The van der Waals surface area contributed by atoms with Crippen molar-refractivity contribution in [1.82, 2.24) is 10.2 Å². The number of nitrogens with one attached hydrogen (secondary N) is 1. The maximum atomic E-state index is 12.5. The molecule has 2 aliphatic rings. The van der Waals surface area contributed by atoms with E-state index in [0.29, 0.717) is 18.0 Å². The Morgan fingerprint density at radius 1 is 1.06 bits per heavy atom. The Hall–Kier alpha value is -3.06. The number of carbonyl (C=O) groups is 2. The summed E-state index contributed by atoms with van der Waals surface area (Å²) in [6.45, 7) is 9.77. The predicted molar refractivity (Wildman–Crippen MR) is 131 cm³/mol. The van der Waals surface area contributed by atoms with Gasteiger partial charge in [-0.15, -0.1) is 0 Å². The Balaban J connectivity index is 1.14. The van der Waals surface area contributed by atoms with E-state index in [1.807, 2.05) is 24.3 Å². The van der Waals surface area contributed by atoms with E-state index in [2.05, 4.69) is 46.3 Å². The summed E-state index contributed by atoms with van der Waals surface area (Å²) < 4.78 is 5.63. The number of hydrogen-bond donors (Lipinski definition) is 1. The number of hydrogen-bond acceptors (Lipinski definition) is 5. The second kappa shape index (κ2) is 10.7. The van der Waals surface area contributed by atoms with E-state index in [1.165, 1.54) is 16.2 Å². The molecule has 2 heterocycles. The van der Waals surface area contributed by atoms with Crippen LogP contribution in [0, 0.1) is 6.92 Å². The molecule has 0 aliphatic carbocycles. The molecule has 33 heavy (non-hydrogen) atoms. The number of unbranched alkanes of at least 4 members (excludes halogenated alkanes) is 1. The van der Waals surface area contributed by atoms with Crippen LogP contribution in [0.3, 0.4) is 0 Å². The van der Waals surface area contributed by atoms with Crippen molar-refractivity contribution >= 4 is 23.2 Å². The third-order valence-corrected chi connectivity index (χ3v) is 6.34. The summed E-state index contributed by atoms with van der Waals surface area (Å²) in [6.07, 6.45) is 1.38. The molecule has 0 radical (unpaired) electrons. The van der Waals surface area contributed by atoms with Crippen molar-refractivity contribution in [2.24, 2.45) is 0 Å². The van der Waals surface area contributed by atoms with E-state index < -0.39 is 6.10 Å². The average molecular weight is 451 g/mol. The van der Waals surface area contributed by atoms with Gasteiger partial charge in [0, 0.05) is 38.4 Å². The normalized spacial score (nSPS) is 18.6. The second-order valence-corrected chi connectivity index (χ2v) is 8.88. The van der Waals surface area contributed by atoms with Crippen LogP contribution < -0.4 is 19.9 Å². The summed E-state index contributed by atoms with van der Waals surface area (Å²) in [5.74, 6) is 0.313. The number of benzene rings is 2. The monoisotopic (exact) mass is 450 g/mol. The van der Waals surface area contributed by atoms with Gasteiger partial charge in [0.25, 0.3) is 5.91 Å². The molecule has 1 fully saturated rings. The molecular weight excluding hydrogens is 416 g/mol. The molecule has 7 nitrogen and oxygen atoms in total. The quantitative estimate of drug-likeness (QED) is 0.627. The maximum Gasteiger partial charge on any atom is 0.268 e. The molecule has 2 amide bonds. The number of ether oxygens (including phenoxy) is 1. The lowest BCUT2D eigenvalue weighted by Gasteiger charge is -2.36. The van der Waals surface area contributed by atoms with E-state index >= 15 is 0 Å². The zero-order chi connectivity index (χ0) is 23.2.